The van der Waals surface area contributed by atoms with Gasteiger partial charge in [-0.25, -0.2) is 5.43 Å². The summed E-state index contributed by atoms with van der Waals surface area (Å²) in [5.74, 6) is 0.00814. The van der Waals surface area contributed by atoms with E-state index in [4.69, 9.17) is 34.8 Å². The van der Waals surface area contributed by atoms with E-state index in [-0.39, 0.29) is 17.7 Å². The van der Waals surface area contributed by atoms with Crippen LogP contribution in [0.3, 0.4) is 0 Å². The Bertz CT molecular complexity index is 401. The highest BCUT2D eigenvalue weighted by atomic mass is 35.5. The number of hydrogen-bond acceptors (Lipinski definition) is 2. The van der Waals surface area contributed by atoms with Crippen LogP contribution in [0.1, 0.15) is 10.4 Å². The van der Waals surface area contributed by atoms with Crippen molar-refractivity contribution in [2.45, 2.75) is 0 Å². The van der Waals surface area contributed by atoms with Crippen LogP contribution in [0.15, 0.2) is 29.4 Å². The molecule has 6 heteroatoms. The molecule has 0 bridgehead atoms. The van der Waals surface area contributed by atoms with Gasteiger partial charge < -0.3 is 0 Å². The van der Waals surface area contributed by atoms with Crippen LogP contribution < -0.4 is 5.43 Å². The van der Waals surface area contributed by atoms with Crippen molar-refractivity contribution < 1.29 is 4.79 Å². The van der Waals surface area contributed by atoms with Crippen molar-refractivity contribution in [2.24, 2.45) is 5.10 Å². The fourth-order valence-electron chi connectivity index (χ4n) is 0.920. The van der Waals surface area contributed by atoms with E-state index in [0.717, 1.165) is 0 Å². The Balaban J connectivity index is 2.69. The SMILES string of the molecule is O=C(NN=C(CCl)CCl)c1cccc(Cl)c1. The molecule has 1 aromatic carbocycles. The van der Waals surface area contributed by atoms with Crippen LogP contribution in [0.5, 0.6) is 0 Å². The number of hydrogen-bond donors (Lipinski definition) is 1. The maximum Gasteiger partial charge on any atom is 0.271 e. The number of alkyl halides is 2. The molecule has 3 nitrogen and oxygen atoms in total. The number of carbonyl (C=O) groups excluding carboxylic acids is 1. The minimum absolute atomic E-state index is 0.180. The standard InChI is InChI=1S/C10H9Cl3N2O/c11-5-9(6-12)14-15-10(16)7-2-1-3-8(13)4-7/h1-4H,5-6H2,(H,15,16). The molecule has 0 aromatic heterocycles. The fraction of sp³-hybridized carbons (Fsp3) is 0.200. The first-order valence-electron chi connectivity index (χ1n) is 4.40. The second kappa shape index (κ2) is 6.74. The largest absolute Gasteiger partial charge is 0.271 e. The number of amides is 1. The van der Waals surface area contributed by atoms with Gasteiger partial charge in [-0.3, -0.25) is 4.79 Å². The Hall–Kier alpha value is -0.770. The molecule has 0 aliphatic heterocycles. The number of hydrazone groups is 1. The van der Waals surface area contributed by atoms with Crippen molar-refractivity contribution in [3.05, 3.63) is 34.9 Å². The summed E-state index contributed by atoms with van der Waals surface area (Å²) < 4.78 is 0. The first-order chi connectivity index (χ1) is 7.67. The van der Waals surface area contributed by atoms with Crippen LogP contribution in [0.4, 0.5) is 0 Å². The Kier molecular flexibility index (Phi) is 5.60. The number of carbonyl (C=O) groups is 1. The van der Waals surface area contributed by atoms with E-state index in [9.17, 15) is 4.79 Å². The number of benzene rings is 1. The Morgan fingerprint density at radius 2 is 2.00 bits per heavy atom. The van der Waals surface area contributed by atoms with Crippen molar-refractivity contribution in [2.75, 3.05) is 11.8 Å². The quantitative estimate of drug-likeness (QED) is 0.514. The lowest BCUT2D eigenvalue weighted by molar-refractivity contribution is 0.0955. The number of halogens is 3. The van der Waals surface area contributed by atoms with Crippen LogP contribution in [-0.2, 0) is 0 Å². The summed E-state index contributed by atoms with van der Waals surface area (Å²) in [6.45, 7) is 0. The second-order valence-corrected chi connectivity index (χ2v) is 3.87. The van der Waals surface area contributed by atoms with Gasteiger partial charge in [0.15, 0.2) is 0 Å². The van der Waals surface area contributed by atoms with Gasteiger partial charge in [0, 0.05) is 10.6 Å². The van der Waals surface area contributed by atoms with Gasteiger partial charge in [-0.05, 0) is 18.2 Å². The van der Waals surface area contributed by atoms with Crippen molar-refractivity contribution in [3.8, 4) is 0 Å². The molecule has 0 aliphatic carbocycles. The maximum atomic E-state index is 11.6. The maximum absolute atomic E-state index is 11.6. The third-order valence-electron chi connectivity index (χ3n) is 1.71. The van der Waals surface area contributed by atoms with Crippen LogP contribution in [0.2, 0.25) is 5.02 Å². The summed E-state index contributed by atoms with van der Waals surface area (Å²) in [6.07, 6.45) is 0. The highest BCUT2D eigenvalue weighted by Gasteiger charge is 2.05. The normalized spacial score (nSPS) is 9.69. The first-order valence-corrected chi connectivity index (χ1v) is 5.85. The summed E-state index contributed by atoms with van der Waals surface area (Å²) in [4.78, 5) is 11.6. The molecule has 0 unspecified atom stereocenters. The highest BCUT2D eigenvalue weighted by Crippen LogP contribution is 2.10. The van der Waals surface area contributed by atoms with Gasteiger partial charge >= 0.3 is 0 Å². The van der Waals surface area contributed by atoms with Gasteiger partial charge in [-0.15, -0.1) is 23.2 Å². The molecule has 1 rings (SSSR count). The molecule has 0 radical (unpaired) electrons. The molecule has 0 fully saturated rings. The van der Waals surface area contributed by atoms with Crippen molar-refractivity contribution in [1.29, 1.82) is 0 Å². The minimum atomic E-state index is -0.352. The Morgan fingerprint density at radius 1 is 1.31 bits per heavy atom. The fourth-order valence-corrected chi connectivity index (χ4v) is 1.52. The summed E-state index contributed by atoms with van der Waals surface area (Å²) in [6, 6.07) is 6.56. The molecular formula is C10H9Cl3N2O. The number of nitrogens with zero attached hydrogens (tertiary/aromatic N) is 1. The van der Waals surface area contributed by atoms with Crippen LogP contribution in [-0.4, -0.2) is 23.4 Å². The lowest BCUT2D eigenvalue weighted by atomic mass is 10.2. The van der Waals surface area contributed by atoms with Crippen molar-refractivity contribution >= 4 is 46.4 Å². The molecule has 0 spiro atoms. The Labute approximate surface area is 108 Å². The predicted octanol–water partition coefficient (Wildman–Crippen LogP) is 2.90. The molecule has 0 atom stereocenters. The molecule has 1 amide bonds. The van der Waals surface area contributed by atoms with Gasteiger partial charge in [-0.2, -0.15) is 5.10 Å². The summed E-state index contributed by atoms with van der Waals surface area (Å²) in [5, 5.41) is 4.27. The van der Waals surface area contributed by atoms with E-state index < -0.39 is 0 Å². The second-order valence-electron chi connectivity index (χ2n) is 2.90. The topological polar surface area (TPSA) is 41.5 Å². The molecule has 0 saturated heterocycles. The van der Waals surface area contributed by atoms with E-state index in [1.54, 1.807) is 24.3 Å². The van der Waals surface area contributed by atoms with Gasteiger partial charge in [-0.1, -0.05) is 17.7 Å². The number of nitrogens with one attached hydrogen (secondary N) is 1. The van der Waals surface area contributed by atoms with Crippen molar-refractivity contribution in [3.63, 3.8) is 0 Å². The first kappa shape index (κ1) is 13.3. The zero-order chi connectivity index (χ0) is 12.0. The van der Waals surface area contributed by atoms with E-state index in [2.05, 4.69) is 10.5 Å². The summed E-state index contributed by atoms with van der Waals surface area (Å²) in [5.41, 5.74) is 3.28. The Morgan fingerprint density at radius 3 is 2.56 bits per heavy atom. The van der Waals surface area contributed by atoms with E-state index in [1.807, 2.05) is 0 Å². The summed E-state index contributed by atoms with van der Waals surface area (Å²) >= 11 is 16.8. The monoisotopic (exact) mass is 278 g/mol. The van der Waals surface area contributed by atoms with Gasteiger partial charge in [0.1, 0.15) is 0 Å². The third kappa shape index (κ3) is 4.00. The minimum Gasteiger partial charge on any atom is -0.267 e. The lowest BCUT2D eigenvalue weighted by Gasteiger charge is -2.01. The average Bonchev–Trinajstić information content (AvgIpc) is 2.30. The molecule has 0 saturated carbocycles. The van der Waals surface area contributed by atoms with Crippen LogP contribution in [0, 0.1) is 0 Å². The van der Waals surface area contributed by atoms with Crippen molar-refractivity contribution in [1.82, 2.24) is 5.43 Å². The van der Waals surface area contributed by atoms with Crippen LogP contribution >= 0.6 is 34.8 Å². The zero-order valence-corrected chi connectivity index (χ0v) is 10.5. The third-order valence-corrected chi connectivity index (χ3v) is 2.56. The smallest absolute Gasteiger partial charge is 0.267 e. The highest BCUT2D eigenvalue weighted by molar-refractivity contribution is 6.37. The number of rotatable bonds is 4. The zero-order valence-electron chi connectivity index (χ0n) is 8.21. The predicted molar refractivity (Wildman–Crippen MR) is 67.8 cm³/mol. The molecule has 1 aromatic rings. The van der Waals surface area contributed by atoms with Gasteiger partial charge in [0.05, 0.1) is 17.5 Å². The lowest BCUT2D eigenvalue weighted by Crippen LogP contribution is -2.20. The molecule has 86 valence electrons. The average molecular weight is 280 g/mol. The molecule has 1 N–H and O–H groups in total. The van der Waals surface area contributed by atoms with Gasteiger partial charge in [0.25, 0.3) is 5.91 Å². The molecular weight excluding hydrogens is 270 g/mol. The van der Waals surface area contributed by atoms with Crippen LogP contribution in [0.25, 0.3) is 0 Å². The van der Waals surface area contributed by atoms with E-state index in [1.165, 1.54) is 0 Å². The molecule has 0 heterocycles. The summed E-state index contributed by atoms with van der Waals surface area (Å²) in [7, 11) is 0. The van der Waals surface area contributed by atoms with E-state index >= 15 is 0 Å². The molecule has 0 aliphatic rings. The van der Waals surface area contributed by atoms with E-state index in [0.29, 0.717) is 16.3 Å². The van der Waals surface area contributed by atoms with Gasteiger partial charge in [0.2, 0.25) is 0 Å². The molecule has 16 heavy (non-hydrogen) atoms.